The minimum absolute atomic E-state index is 0.130. The monoisotopic (exact) mass is 255 g/mol. The Bertz CT molecular complexity index is 552. The number of rotatable bonds is 4. The number of anilines is 2. The summed E-state index contributed by atoms with van der Waals surface area (Å²) in [5, 5.41) is 6.12. The Morgan fingerprint density at radius 3 is 2.47 bits per heavy atom. The zero-order chi connectivity index (χ0) is 13.7. The second-order valence-electron chi connectivity index (χ2n) is 4.53. The van der Waals surface area contributed by atoms with Gasteiger partial charge in [-0.15, -0.1) is 0 Å². The maximum absolute atomic E-state index is 12.2. The highest BCUT2D eigenvalue weighted by atomic mass is 16.1. The van der Waals surface area contributed by atoms with Gasteiger partial charge in [0.25, 0.3) is 5.91 Å². The summed E-state index contributed by atoms with van der Waals surface area (Å²) in [6.45, 7) is 4.08. The van der Waals surface area contributed by atoms with E-state index in [9.17, 15) is 4.79 Å². The first kappa shape index (κ1) is 13.1. The van der Waals surface area contributed by atoms with E-state index in [1.165, 1.54) is 0 Å². The average molecular weight is 255 g/mol. The zero-order valence-corrected chi connectivity index (χ0v) is 11.1. The maximum atomic E-state index is 12.2. The van der Waals surface area contributed by atoms with Gasteiger partial charge in [0, 0.05) is 29.8 Å². The molecule has 0 bridgehead atoms. The summed E-state index contributed by atoms with van der Waals surface area (Å²) in [6.07, 6.45) is 3.29. The number of hydrogen-bond acceptors (Lipinski definition) is 3. The van der Waals surface area contributed by atoms with Crippen molar-refractivity contribution in [2.75, 3.05) is 10.6 Å². The number of nitrogens with one attached hydrogen (secondary N) is 2. The molecule has 1 heterocycles. The third-order valence-corrected chi connectivity index (χ3v) is 2.55. The molecule has 0 aliphatic rings. The lowest BCUT2D eigenvalue weighted by molar-refractivity contribution is 0.102. The van der Waals surface area contributed by atoms with Crippen molar-refractivity contribution in [1.82, 2.24) is 4.98 Å². The lowest BCUT2D eigenvalue weighted by Crippen LogP contribution is -2.17. The van der Waals surface area contributed by atoms with E-state index in [1.807, 2.05) is 32.0 Å². The minimum atomic E-state index is -0.130. The molecule has 1 aromatic heterocycles. The van der Waals surface area contributed by atoms with Crippen molar-refractivity contribution in [1.29, 1.82) is 0 Å². The van der Waals surface area contributed by atoms with Crippen molar-refractivity contribution in [3.8, 4) is 0 Å². The molecule has 2 N–H and O–H groups in total. The van der Waals surface area contributed by atoms with E-state index in [0.717, 1.165) is 11.4 Å². The van der Waals surface area contributed by atoms with Gasteiger partial charge in [0.05, 0.1) is 5.56 Å². The summed E-state index contributed by atoms with van der Waals surface area (Å²) in [5.74, 6) is -0.130. The summed E-state index contributed by atoms with van der Waals surface area (Å²) in [5.41, 5.74) is 2.21. The van der Waals surface area contributed by atoms with Gasteiger partial charge in [0.1, 0.15) is 0 Å². The van der Waals surface area contributed by atoms with Crippen LogP contribution in [0, 0.1) is 0 Å². The number of carbonyl (C=O) groups excluding carboxylic acids is 1. The van der Waals surface area contributed by atoms with Gasteiger partial charge >= 0.3 is 0 Å². The van der Waals surface area contributed by atoms with Crippen LogP contribution >= 0.6 is 0 Å². The van der Waals surface area contributed by atoms with E-state index in [-0.39, 0.29) is 11.9 Å². The number of para-hydroxylation sites is 1. The van der Waals surface area contributed by atoms with E-state index in [4.69, 9.17) is 0 Å². The average Bonchev–Trinajstić information content (AvgIpc) is 2.39. The van der Waals surface area contributed by atoms with Gasteiger partial charge in [-0.2, -0.15) is 0 Å². The molecule has 0 radical (unpaired) electrons. The second-order valence-corrected chi connectivity index (χ2v) is 4.53. The van der Waals surface area contributed by atoms with Crippen molar-refractivity contribution < 1.29 is 4.79 Å². The van der Waals surface area contributed by atoms with E-state index < -0.39 is 0 Å². The minimum Gasteiger partial charge on any atom is -0.382 e. The Morgan fingerprint density at radius 1 is 1.11 bits per heavy atom. The van der Waals surface area contributed by atoms with Crippen LogP contribution in [-0.2, 0) is 0 Å². The van der Waals surface area contributed by atoms with E-state index >= 15 is 0 Å². The van der Waals surface area contributed by atoms with Gasteiger partial charge in [-0.25, -0.2) is 0 Å². The van der Waals surface area contributed by atoms with Crippen LogP contribution in [0.5, 0.6) is 0 Å². The molecule has 0 aliphatic heterocycles. The molecule has 2 aromatic rings. The zero-order valence-electron chi connectivity index (χ0n) is 11.1. The predicted molar refractivity (Wildman–Crippen MR) is 77.4 cm³/mol. The van der Waals surface area contributed by atoms with Crippen LogP contribution in [0.15, 0.2) is 48.8 Å². The van der Waals surface area contributed by atoms with Crippen LogP contribution in [0.4, 0.5) is 11.4 Å². The van der Waals surface area contributed by atoms with Crippen LogP contribution < -0.4 is 10.6 Å². The molecule has 0 saturated heterocycles. The summed E-state index contributed by atoms with van der Waals surface area (Å²) in [4.78, 5) is 16.2. The summed E-state index contributed by atoms with van der Waals surface area (Å²) >= 11 is 0. The molecule has 1 aromatic carbocycles. The van der Waals surface area contributed by atoms with Crippen molar-refractivity contribution in [3.05, 3.63) is 54.4 Å². The molecule has 2 rings (SSSR count). The molecular weight excluding hydrogens is 238 g/mol. The van der Waals surface area contributed by atoms with Crippen molar-refractivity contribution >= 4 is 17.3 Å². The molecule has 98 valence electrons. The number of amides is 1. The van der Waals surface area contributed by atoms with Crippen molar-refractivity contribution in [2.45, 2.75) is 19.9 Å². The topological polar surface area (TPSA) is 54.0 Å². The number of carbonyl (C=O) groups is 1. The standard InChI is InChI=1S/C15H17N3O/c1-11(2)17-14-6-4-3-5-13(14)15(19)18-12-7-9-16-10-8-12/h3-11,17H,1-2H3,(H,16,18,19). The molecule has 4 nitrogen and oxygen atoms in total. The first-order valence-electron chi connectivity index (χ1n) is 6.24. The summed E-state index contributed by atoms with van der Waals surface area (Å²) < 4.78 is 0. The van der Waals surface area contributed by atoms with E-state index in [0.29, 0.717) is 5.56 Å². The molecule has 0 fully saturated rings. The van der Waals surface area contributed by atoms with Gasteiger partial charge < -0.3 is 10.6 Å². The molecule has 0 unspecified atom stereocenters. The molecule has 0 aliphatic carbocycles. The van der Waals surface area contributed by atoms with Crippen molar-refractivity contribution in [3.63, 3.8) is 0 Å². The second kappa shape index (κ2) is 6.00. The largest absolute Gasteiger partial charge is 0.382 e. The number of hydrogen-bond donors (Lipinski definition) is 2. The highest BCUT2D eigenvalue weighted by molar-refractivity contribution is 6.08. The fraction of sp³-hybridized carbons (Fsp3) is 0.200. The van der Waals surface area contributed by atoms with E-state index in [2.05, 4.69) is 15.6 Å². The Balaban J connectivity index is 2.19. The molecule has 4 heteroatoms. The maximum Gasteiger partial charge on any atom is 0.257 e. The fourth-order valence-electron chi connectivity index (χ4n) is 1.75. The highest BCUT2D eigenvalue weighted by Crippen LogP contribution is 2.17. The molecule has 0 atom stereocenters. The highest BCUT2D eigenvalue weighted by Gasteiger charge is 2.11. The number of aromatic nitrogens is 1. The summed E-state index contributed by atoms with van der Waals surface area (Å²) in [6, 6.07) is 11.3. The Hall–Kier alpha value is -2.36. The molecular formula is C15H17N3O. The number of nitrogens with zero attached hydrogens (tertiary/aromatic N) is 1. The quantitative estimate of drug-likeness (QED) is 0.882. The number of benzene rings is 1. The smallest absolute Gasteiger partial charge is 0.257 e. The third kappa shape index (κ3) is 3.55. The SMILES string of the molecule is CC(C)Nc1ccccc1C(=O)Nc1ccncc1. The third-order valence-electron chi connectivity index (χ3n) is 2.55. The molecule has 0 spiro atoms. The summed E-state index contributed by atoms with van der Waals surface area (Å²) in [7, 11) is 0. The molecule has 19 heavy (non-hydrogen) atoms. The van der Waals surface area contributed by atoms with Crippen LogP contribution in [0.25, 0.3) is 0 Å². The van der Waals surface area contributed by atoms with Gasteiger partial charge in [-0.1, -0.05) is 12.1 Å². The first-order chi connectivity index (χ1) is 9.16. The van der Waals surface area contributed by atoms with E-state index in [1.54, 1.807) is 30.6 Å². The lowest BCUT2D eigenvalue weighted by atomic mass is 10.1. The van der Waals surface area contributed by atoms with Crippen LogP contribution in [-0.4, -0.2) is 16.9 Å². The predicted octanol–water partition coefficient (Wildman–Crippen LogP) is 3.15. The molecule has 1 amide bonds. The van der Waals surface area contributed by atoms with Crippen molar-refractivity contribution in [2.24, 2.45) is 0 Å². The number of pyridine rings is 1. The Kier molecular flexibility index (Phi) is 4.13. The Labute approximate surface area is 112 Å². The normalized spacial score (nSPS) is 10.3. The Morgan fingerprint density at radius 2 is 1.79 bits per heavy atom. The van der Waals surface area contributed by atoms with Gasteiger partial charge in [0.15, 0.2) is 0 Å². The van der Waals surface area contributed by atoms with Gasteiger partial charge in [0.2, 0.25) is 0 Å². The van der Waals surface area contributed by atoms with Gasteiger partial charge in [-0.3, -0.25) is 9.78 Å². The van der Waals surface area contributed by atoms with Crippen LogP contribution in [0.3, 0.4) is 0 Å². The fourth-order valence-corrected chi connectivity index (χ4v) is 1.75. The van der Waals surface area contributed by atoms with Crippen LogP contribution in [0.1, 0.15) is 24.2 Å². The van der Waals surface area contributed by atoms with Gasteiger partial charge in [-0.05, 0) is 38.1 Å². The first-order valence-corrected chi connectivity index (χ1v) is 6.24. The van der Waals surface area contributed by atoms with Crippen LogP contribution in [0.2, 0.25) is 0 Å². The molecule has 0 saturated carbocycles. The lowest BCUT2D eigenvalue weighted by Gasteiger charge is -2.14.